The molecule has 7 rings (SSSR count). The van der Waals surface area contributed by atoms with Crippen LogP contribution >= 0.6 is 0 Å². The lowest BCUT2D eigenvalue weighted by atomic mass is 9.67. The number of ether oxygens (including phenoxy) is 2. The van der Waals surface area contributed by atoms with Crippen LogP contribution in [-0.2, 0) is 5.41 Å². The molecule has 2 heteroatoms. The summed E-state index contributed by atoms with van der Waals surface area (Å²) in [4.78, 5) is 0. The summed E-state index contributed by atoms with van der Waals surface area (Å²) in [5.74, 6) is 3.41. The Hall–Kier alpha value is -5.08. The van der Waals surface area contributed by atoms with Crippen molar-refractivity contribution in [3.8, 4) is 34.1 Å². The van der Waals surface area contributed by atoms with Crippen LogP contribution in [0.25, 0.3) is 11.1 Å². The van der Waals surface area contributed by atoms with Crippen molar-refractivity contribution in [2.75, 3.05) is 0 Å². The van der Waals surface area contributed by atoms with Gasteiger partial charge in [-0.3, -0.25) is 0 Å². The Morgan fingerprint density at radius 3 is 1.13 bits per heavy atom. The number of benzene rings is 6. The first-order chi connectivity index (χ1) is 21.7. The molecule has 0 bridgehead atoms. The lowest BCUT2D eigenvalue weighted by Gasteiger charge is -2.35. The molecule has 0 atom stereocenters. The second kappa shape index (κ2) is 11.1. The Labute approximate surface area is 266 Å². The van der Waals surface area contributed by atoms with E-state index in [1.807, 2.05) is 24.3 Å². The molecule has 1 aliphatic carbocycles. The van der Waals surface area contributed by atoms with Gasteiger partial charge in [-0.25, -0.2) is 0 Å². The summed E-state index contributed by atoms with van der Waals surface area (Å²) in [6.07, 6.45) is 0. The Morgan fingerprint density at radius 1 is 0.378 bits per heavy atom. The molecule has 0 amide bonds. The van der Waals surface area contributed by atoms with Crippen molar-refractivity contribution < 1.29 is 9.47 Å². The van der Waals surface area contributed by atoms with Gasteiger partial charge in [0.15, 0.2) is 0 Å². The summed E-state index contributed by atoms with van der Waals surface area (Å²) < 4.78 is 12.7. The van der Waals surface area contributed by atoms with Crippen LogP contribution in [0.3, 0.4) is 0 Å². The zero-order chi connectivity index (χ0) is 31.3. The molecule has 0 aliphatic heterocycles. The largest absolute Gasteiger partial charge is 0.457 e. The Kier molecular flexibility index (Phi) is 7.09. The van der Waals surface area contributed by atoms with E-state index in [1.54, 1.807) is 0 Å². The minimum atomic E-state index is -0.508. The van der Waals surface area contributed by atoms with Gasteiger partial charge in [0.1, 0.15) is 23.0 Å². The molecule has 0 unspecified atom stereocenters. The molecule has 45 heavy (non-hydrogen) atoms. The Balaban J connectivity index is 1.42. The van der Waals surface area contributed by atoms with E-state index >= 15 is 0 Å². The summed E-state index contributed by atoms with van der Waals surface area (Å²) in [7, 11) is 0. The Morgan fingerprint density at radius 2 is 0.756 bits per heavy atom. The lowest BCUT2D eigenvalue weighted by molar-refractivity contribution is 0.478. The van der Waals surface area contributed by atoms with Gasteiger partial charge in [-0.2, -0.15) is 0 Å². The topological polar surface area (TPSA) is 18.5 Å². The van der Waals surface area contributed by atoms with Crippen molar-refractivity contribution in [3.05, 3.63) is 177 Å². The second-order valence-corrected chi connectivity index (χ2v) is 12.6. The minimum absolute atomic E-state index is 0.508. The van der Waals surface area contributed by atoms with Gasteiger partial charge in [0, 0.05) is 0 Å². The molecule has 0 aromatic heterocycles. The van der Waals surface area contributed by atoms with Crippen LogP contribution in [0.2, 0.25) is 0 Å². The molecule has 0 radical (unpaired) electrons. The highest BCUT2D eigenvalue weighted by Crippen LogP contribution is 2.57. The van der Waals surface area contributed by atoms with Crippen molar-refractivity contribution in [2.24, 2.45) is 0 Å². The fourth-order valence-corrected chi connectivity index (χ4v) is 6.81. The van der Waals surface area contributed by atoms with Crippen LogP contribution in [0.15, 0.2) is 121 Å². The first-order valence-corrected chi connectivity index (χ1v) is 15.7. The van der Waals surface area contributed by atoms with Gasteiger partial charge in [-0.05, 0) is 122 Å². The molecule has 0 saturated heterocycles. The van der Waals surface area contributed by atoms with Crippen LogP contribution in [0.4, 0.5) is 0 Å². The molecule has 0 heterocycles. The first-order valence-electron chi connectivity index (χ1n) is 15.7. The van der Waals surface area contributed by atoms with Crippen LogP contribution in [0.5, 0.6) is 23.0 Å². The van der Waals surface area contributed by atoms with Crippen molar-refractivity contribution in [1.29, 1.82) is 0 Å². The highest BCUT2D eigenvalue weighted by molar-refractivity contribution is 5.87. The zero-order valence-corrected chi connectivity index (χ0v) is 26.9. The number of hydrogen-bond acceptors (Lipinski definition) is 2. The van der Waals surface area contributed by atoms with E-state index in [4.69, 9.17) is 9.47 Å². The van der Waals surface area contributed by atoms with E-state index in [2.05, 4.69) is 139 Å². The molecule has 2 nitrogen and oxygen atoms in total. The van der Waals surface area contributed by atoms with Crippen molar-refractivity contribution in [1.82, 2.24) is 0 Å². The van der Waals surface area contributed by atoms with Crippen molar-refractivity contribution in [3.63, 3.8) is 0 Å². The van der Waals surface area contributed by atoms with Crippen molar-refractivity contribution in [2.45, 2.75) is 47.0 Å². The fourth-order valence-electron chi connectivity index (χ4n) is 6.81. The molecule has 6 aromatic rings. The SMILES string of the molecule is Cc1ccc(Oc2ccc(C3(c4ccc(Oc5ccc(C)cc5)c(C)c4)c4ccc(C)cc4-c4cc(C)ccc43)cc2C)cc1. The molecular weight excluding hydrogens is 548 g/mol. The molecule has 222 valence electrons. The normalized spacial score (nSPS) is 12.8. The van der Waals surface area contributed by atoms with Gasteiger partial charge in [-0.1, -0.05) is 107 Å². The van der Waals surface area contributed by atoms with Gasteiger partial charge in [0.2, 0.25) is 0 Å². The molecule has 0 saturated carbocycles. The van der Waals surface area contributed by atoms with E-state index in [9.17, 15) is 0 Å². The van der Waals surface area contributed by atoms with Gasteiger partial charge in [0.05, 0.1) is 5.41 Å². The fraction of sp³-hybridized carbons (Fsp3) is 0.163. The molecule has 1 aliphatic rings. The zero-order valence-electron chi connectivity index (χ0n) is 26.9. The molecule has 0 spiro atoms. The van der Waals surface area contributed by atoms with Crippen LogP contribution in [-0.4, -0.2) is 0 Å². The molecule has 6 aromatic carbocycles. The highest BCUT2D eigenvalue weighted by atomic mass is 16.5. The number of fused-ring (bicyclic) bond motifs is 3. The quantitative estimate of drug-likeness (QED) is 0.193. The van der Waals surface area contributed by atoms with Crippen LogP contribution in [0, 0.1) is 41.5 Å². The summed E-state index contributed by atoms with van der Waals surface area (Å²) >= 11 is 0. The van der Waals surface area contributed by atoms with Crippen LogP contribution < -0.4 is 9.47 Å². The third-order valence-electron chi connectivity index (χ3n) is 9.16. The average molecular weight is 587 g/mol. The van der Waals surface area contributed by atoms with E-state index in [1.165, 1.54) is 55.6 Å². The Bertz CT molecular complexity index is 1900. The maximum Gasteiger partial charge on any atom is 0.130 e. The standard InChI is InChI=1S/C43H38O2/c1-27-7-15-35(16-8-27)44-41-21-13-33(25-31(41)5)43(34-14-22-42(32(6)26-34)45-36-17-9-28(2)10-18-36)39-19-11-29(3)23-37(39)38-24-30(4)12-20-40(38)43/h7-26H,1-6H3. The third-order valence-corrected chi connectivity index (χ3v) is 9.16. The second-order valence-electron chi connectivity index (χ2n) is 12.6. The lowest BCUT2D eigenvalue weighted by Crippen LogP contribution is -2.29. The van der Waals surface area contributed by atoms with E-state index in [0.29, 0.717) is 0 Å². The predicted octanol–water partition coefficient (Wildman–Crippen LogP) is 11.5. The van der Waals surface area contributed by atoms with Gasteiger partial charge < -0.3 is 9.47 Å². The van der Waals surface area contributed by atoms with E-state index in [-0.39, 0.29) is 0 Å². The average Bonchev–Trinajstić information content (AvgIpc) is 3.30. The maximum atomic E-state index is 6.37. The number of rotatable bonds is 6. The third kappa shape index (κ3) is 5.01. The smallest absolute Gasteiger partial charge is 0.130 e. The van der Waals surface area contributed by atoms with Gasteiger partial charge in [-0.15, -0.1) is 0 Å². The maximum absolute atomic E-state index is 6.37. The van der Waals surface area contributed by atoms with E-state index in [0.717, 1.165) is 34.1 Å². The number of aryl methyl sites for hydroxylation is 6. The summed E-state index contributed by atoms with van der Waals surface area (Å²) in [5, 5.41) is 0. The summed E-state index contributed by atoms with van der Waals surface area (Å²) in [6, 6.07) is 43.7. The molecule has 0 N–H and O–H groups in total. The highest BCUT2D eigenvalue weighted by Gasteiger charge is 2.46. The summed E-state index contributed by atoms with van der Waals surface area (Å²) in [5.41, 5.74) is 14.2. The van der Waals surface area contributed by atoms with E-state index < -0.39 is 5.41 Å². The summed E-state index contributed by atoms with van der Waals surface area (Å²) in [6.45, 7) is 12.8. The van der Waals surface area contributed by atoms with Gasteiger partial charge >= 0.3 is 0 Å². The monoisotopic (exact) mass is 586 g/mol. The number of hydrogen-bond donors (Lipinski definition) is 0. The van der Waals surface area contributed by atoms with Gasteiger partial charge in [0.25, 0.3) is 0 Å². The molecule has 0 fully saturated rings. The minimum Gasteiger partial charge on any atom is -0.457 e. The first kappa shape index (κ1) is 28.7. The van der Waals surface area contributed by atoms with Crippen molar-refractivity contribution >= 4 is 0 Å². The predicted molar refractivity (Wildman–Crippen MR) is 185 cm³/mol. The molecular formula is C43H38O2. The van der Waals surface area contributed by atoms with Crippen LogP contribution in [0.1, 0.15) is 55.6 Å².